The van der Waals surface area contributed by atoms with E-state index in [9.17, 15) is 4.79 Å². The summed E-state index contributed by atoms with van der Waals surface area (Å²) in [6, 6.07) is 24.8. The van der Waals surface area contributed by atoms with Crippen molar-refractivity contribution in [1.82, 2.24) is 20.1 Å². The average Bonchev–Trinajstić information content (AvgIpc) is 3.38. The lowest BCUT2D eigenvalue weighted by Crippen LogP contribution is -2.45. The standard InChI is InChI=1S/C31H35N5O/c1-5-31(6-2,24-17-15-23(16-18-24)26-14-10-11-19-32-26)35-29(37)25-21-33-36-28(25)34-27(20-30(36,3)4)22-12-8-7-9-13-22/h7-19,21,27,34H,5-6,20H2,1-4H3,(H,35,37). The van der Waals surface area contributed by atoms with E-state index in [2.05, 4.69) is 96.9 Å². The number of nitrogens with one attached hydrogen (secondary N) is 2. The zero-order valence-corrected chi connectivity index (χ0v) is 22.0. The number of fused-ring (bicyclic) bond motifs is 1. The molecule has 4 aromatic rings. The third kappa shape index (κ3) is 4.64. The molecule has 2 aromatic carbocycles. The number of nitrogens with zero attached hydrogens (tertiary/aromatic N) is 3. The highest BCUT2D eigenvalue weighted by Gasteiger charge is 2.38. The van der Waals surface area contributed by atoms with E-state index in [-0.39, 0.29) is 17.5 Å². The van der Waals surface area contributed by atoms with E-state index in [1.54, 1.807) is 12.4 Å². The van der Waals surface area contributed by atoms with Crippen molar-refractivity contribution in [3.8, 4) is 11.3 Å². The number of hydrogen-bond donors (Lipinski definition) is 2. The van der Waals surface area contributed by atoms with Crippen LogP contribution in [0.25, 0.3) is 11.3 Å². The van der Waals surface area contributed by atoms with Crippen LogP contribution >= 0.6 is 0 Å². The van der Waals surface area contributed by atoms with Gasteiger partial charge in [0.1, 0.15) is 11.4 Å². The molecule has 37 heavy (non-hydrogen) atoms. The maximum atomic E-state index is 13.8. The molecule has 1 aliphatic rings. The SMILES string of the molecule is CCC(CC)(NC(=O)c1cnn2c1NC(c1ccccc1)CC2(C)C)c1ccc(-c2ccccn2)cc1. The van der Waals surface area contributed by atoms with Crippen molar-refractivity contribution in [2.45, 2.75) is 64.1 Å². The van der Waals surface area contributed by atoms with Crippen LogP contribution in [0.2, 0.25) is 0 Å². The Morgan fingerprint density at radius 2 is 1.73 bits per heavy atom. The Labute approximate surface area is 219 Å². The van der Waals surface area contributed by atoms with Crippen LogP contribution in [0.5, 0.6) is 0 Å². The number of benzene rings is 2. The molecule has 1 amide bonds. The van der Waals surface area contributed by atoms with Crippen LogP contribution in [0.1, 0.15) is 74.5 Å². The molecule has 0 saturated carbocycles. The first kappa shape index (κ1) is 24.8. The molecule has 0 bridgehead atoms. The lowest BCUT2D eigenvalue weighted by atomic mass is 9.83. The van der Waals surface area contributed by atoms with Crippen LogP contribution in [0.15, 0.2) is 85.2 Å². The molecule has 5 rings (SSSR count). The summed E-state index contributed by atoms with van der Waals surface area (Å²) < 4.78 is 1.96. The van der Waals surface area contributed by atoms with Crippen LogP contribution in [-0.4, -0.2) is 20.7 Å². The maximum Gasteiger partial charge on any atom is 0.257 e. The molecular weight excluding hydrogens is 458 g/mol. The van der Waals surface area contributed by atoms with Gasteiger partial charge in [-0.3, -0.25) is 9.78 Å². The van der Waals surface area contributed by atoms with Crippen LogP contribution in [-0.2, 0) is 11.1 Å². The Bertz CT molecular complexity index is 1360. The van der Waals surface area contributed by atoms with Gasteiger partial charge in [-0.1, -0.05) is 74.5 Å². The van der Waals surface area contributed by atoms with Crippen molar-refractivity contribution < 1.29 is 4.79 Å². The summed E-state index contributed by atoms with van der Waals surface area (Å²) in [7, 11) is 0. The minimum Gasteiger partial charge on any atom is -0.363 e. The van der Waals surface area contributed by atoms with Gasteiger partial charge >= 0.3 is 0 Å². The molecule has 0 aliphatic carbocycles. The van der Waals surface area contributed by atoms with Gasteiger partial charge in [0.05, 0.1) is 29.0 Å². The van der Waals surface area contributed by atoms with Crippen LogP contribution < -0.4 is 10.6 Å². The van der Waals surface area contributed by atoms with Gasteiger partial charge < -0.3 is 10.6 Å². The smallest absolute Gasteiger partial charge is 0.257 e. The minimum absolute atomic E-state index is 0.105. The number of pyridine rings is 1. The van der Waals surface area contributed by atoms with E-state index in [4.69, 9.17) is 0 Å². The van der Waals surface area contributed by atoms with Crippen molar-refractivity contribution in [3.63, 3.8) is 0 Å². The Hall–Kier alpha value is -3.93. The summed E-state index contributed by atoms with van der Waals surface area (Å²) in [5.41, 5.74) is 4.14. The van der Waals surface area contributed by atoms with Gasteiger partial charge in [0.2, 0.25) is 0 Å². The summed E-state index contributed by atoms with van der Waals surface area (Å²) >= 11 is 0. The topological polar surface area (TPSA) is 71.8 Å². The van der Waals surface area contributed by atoms with Crippen molar-refractivity contribution in [2.24, 2.45) is 0 Å². The normalized spacial score (nSPS) is 16.5. The fourth-order valence-corrected chi connectivity index (χ4v) is 5.49. The summed E-state index contributed by atoms with van der Waals surface area (Å²) in [5.74, 6) is 0.657. The summed E-state index contributed by atoms with van der Waals surface area (Å²) in [6.07, 6.45) is 5.92. The van der Waals surface area contributed by atoms with Gasteiger partial charge in [0.15, 0.2) is 0 Å². The van der Waals surface area contributed by atoms with E-state index in [1.165, 1.54) is 5.56 Å². The van der Waals surface area contributed by atoms with Gasteiger partial charge in [0, 0.05) is 11.8 Å². The zero-order valence-electron chi connectivity index (χ0n) is 22.0. The molecule has 190 valence electrons. The fourth-order valence-electron chi connectivity index (χ4n) is 5.49. The highest BCUT2D eigenvalue weighted by molar-refractivity contribution is 5.99. The second-order valence-corrected chi connectivity index (χ2v) is 10.5. The average molecular weight is 494 g/mol. The first-order valence-corrected chi connectivity index (χ1v) is 13.1. The Morgan fingerprint density at radius 1 is 1.03 bits per heavy atom. The van der Waals surface area contributed by atoms with Crippen molar-refractivity contribution >= 4 is 11.7 Å². The molecule has 1 atom stereocenters. The molecule has 6 heteroatoms. The Kier molecular flexibility index (Phi) is 6.59. The van der Waals surface area contributed by atoms with Gasteiger partial charge in [0.25, 0.3) is 5.91 Å². The van der Waals surface area contributed by atoms with Crippen LogP contribution in [0, 0.1) is 0 Å². The highest BCUT2D eigenvalue weighted by atomic mass is 16.1. The molecule has 1 aliphatic heterocycles. The zero-order chi connectivity index (χ0) is 26.0. The number of aromatic nitrogens is 3. The maximum absolute atomic E-state index is 13.8. The van der Waals surface area contributed by atoms with E-state index in [0.29, 0.717) is 5.56 Å². The Morgan fingerprint density at radius 3 is 2.38 bits per heavy atom. The summed E-state index contributed by atoms with van der Waals surface area (Å²) in [6.45, 7) is 8.59. The minimum atomic E-state index is -0.489. The van der Waals surface area contributed by atoms with E-state index >= 15 is 0 Å². The number of hydrogen-bond acceptors (Lipinski definition) is 4. The number of anilines is 1. The second-order valence-electron chi connectivity index (χ2n) is 10.5. The lowest BCUT2D eigenvalue weighted by molar-refractivity contribution is 0.0890. The van der Waals surface area contributed by atoms with E-state index < -0.39 is 5.54 Å². The first-order chi connectivity index (χ1) is 17.9. The van der Waals surface area contributed by atoms with Gasteiger partial charge in [-0.05, 0) is 56.4 Å². The van der Waals surface area contributed by atoms with E-state index in [1.807, 2.05) is 28.9 Å². The third-order valence-electron chi connectivity index (χ3n) is 7.76. The molecule has 1 unspecified atom stereocenters. The third-order valence-corrected chi connectivity index (χ3v) is 7.76. The molecule has 0 fully saturated rings. The van der Waals surface area contributed by atoms with Crippen LogP contribution in [0.3, 0.4) is 0 Å². The molecule has 0 radical (unpaired) electrons. The van der Waals surface area contributed by atoms with Crippen molar-refractivity contribution in [1.29, 1.82) is 0 Å². The largest absolute Gasteiger partial charge is 0.363 e. The highest BCUT2D eigenvalue weighted by Crippen LogP contribution is 2.40. The summed E-state index contributed by atoms with van der Waals surface area (Å²) in [5, 5.41) is 11.7. The molecule has 2 N–H and O–H groups in total. The Balaban J connectivity index is 1.44. The number of carbonyl (C=O) groups is 1. The number of amides is 1. The quantitative estimate of drug-likeness (QED) is 0.301. The molecule has 0 spiro atoms. The molecule has 3 heterocycles. The number of rotatable bonds is 7. The predicted molar refractivity (Wildman–Crippen MR) is 148 cm³/mol. The molecular formula is C31H35N5O. The second kappa shape index (κ2) is 9.85. The predicted octanol–water partition coefficient (Wildman–Crippen LogP) is 6.68. The monoisotopic (exact) mass is 493 g/mol. The molecule has 6 nitrogen and oxygen atoms in total. The van der Waals surface area contributed by atoms with Gasteiger partial charge in [-0.25, -0.2) is 4.68 Å². The van der Waals surface area contributed by atoms with Crippen molar-refractivity contribution in [3.05, 3.63) is 102 Å². The first-order valence-electron chi connectivity index (χ1n) is 13.1. The van der Waals surface area contributed by atoms with Crippen molar-refractivity contribution in [2.75, 3.05) is 5.32 Å². The van der Waals surface area contributed by atoms with Crippen LogP contribution in [0.4, 0.5) is 5.82 Å². The fraction of sp³-hybridized carbons (Fsp3) is 0.323. The van der Waals surface area contributed by atoms with E-state index in [0.717, 1.165) is 41.9 Å². The molecule has 0 saturated heterocycles. The molecule has 2 aromatic heterocycles. The van der Waals surface area contributed by atoms with Gasteiger partial charge in [-0.2, -0.15) is 5.10 Å². The summed E-state index contributed by atoms with van der Waals surface area (Å²) in [4.78, 5) is 18.3. The number of carbonyl (C=O) groups excluding carboxylic acids is 1. The lowest BCUT2D eigenvalue weighted by Gasteiger charge is -2.38. The van der Waals surface area contributed by atoms with Gasteiger partial charge in [-0.15, -0.1) is 0 Å².